The van der Waals surface area contributed by atoms with Crippen LogP contribution in [0.25, 0.3) is 0 Å². The fraction of sp³-hybridized carbons (Fsp3) is 0.400. The van der Waals surface area contributed by atoms with E-state index in [1.54, 1.807) is 0 Å². The second kappa shape index (κ2) is 7.42. The number of hydrogen-bond donors (Lipinski definition) is 1. The fourth-order valence-corrected chi connectivity index (χ4v) is 2.86. The molecule has 0 unspecified atom stereocenters. The van der Waals surface area contributed by atoms with E-state index in [1.165, 1.54) is 11.1 Å². The average Bonchev–Trinajstić information content (AvgIpc) is 2.49. The molecule has 2 aromatic rings. The topological polar surface area (TPSA) is 12.0 Å². The molecule has 2 rings (SSSR count). The van der Waals surface area contributed by atoms with Crippen LogP contribution in [0, 0.1) is 11.8 Å². The number of benzene rings is 2. The highest BCUT2D eigenvalue weighted by Crippen LogP contribution is 2.29. The van der Waals surface area contributed by atoms with E-state index in [0.717, 1.165) is 0 Å². The second-order valence-electron chi connectivity index (χ2n) is 6.43. The van der Waals surface area contributed by atoms with Gasteiger partial charge in [-0.25, -0.2) is 0 Å². The first kappa shape index (κ1) is 15.8. The monoisotopic (exact) mass is 281 g/mol. The van der Waals surface area contributed by atoms with Crippen LogP contribution < -0.4 is 5.32 Å². The summed E-state index contributed by atoms with van der Waals surface area (Å²) in [5, 5.41) is 3.89. The standard InChI is InChI=1S/C20H27N/c1-15(2)19(17-11-7-5-8-12-17)21-20(16(3)4)18-13-9-6-10-14-18/h5-16,19-21H,1-4H3/t19-,20-/m1/s1. The van der Waals surface area contributed by atoms with Crippen LogP contribution in [0.3, 0.4) is 0 Å². The first-order valence-electron chi connectivity index (χ1n) is 7.95. The third kappa shape index (κ3) is 4.18. The third-order valence-corrected chi connectivity index (χ3v) is 4.01. The average molecular weight is 281 g/mol. The highest BCUT2D eigenvalue weighted by molar-refractivity contribution is 5.23. The predicted octanol–water partition coefficient (Wildman–Crippen LogP) is 5.37. The van der Waals surface area contributed by atoms with Crippen molar-refractivity contribution in [1.29, 1.82) is 0 Å². The first-order chi connectivity index (χ1) is 10.1. The maximum atomic E-state index is 3.89. The minimum atomic E-state index is 0.374. The van der Waals surface area contributed by atoms with Crippen molar-refractivity contribution in [3.63, 3.8) is 0 Å². The molecule has 112 valence electrons. The maximum Gasteiger partial charge on any atom is 0.0348 e. The van der Waals surface area contributed by atoms with Gasteiger partial charge in [0.25, 0.3) is 0 Å². The van der Waals surface area contributed by atoms with E-state index >= 15 is 0 Å². The molecule has 0 aliphatic heterocycles. The molecule has 2 atom stereocenters. The van der Waals surface area contributed by atoms with Gasteiger partial charge in [-0.05, 0) is 23.0 Å². The Hall–Kier alpha value is -1.60. The molecule has 0 fully saturated rings. The molecule has 0 spiro atoms. The Morgan fingerprint density at radius 3 is 1.19 bits per heavy atom. The van der Waals surface area contributed by atoms with E-state index in [9.17, 15) is 0 Å². The van der Waals surface area contributed by atoms with E-state index in [2.05, 4.69) is 93.7 Å². The van der Waals surface area contributed by atoms with Gasteiger partial charge in [-0.2, -0.15) is 0 Å². The van der Waals surface area contributed by atoms with Gasteiger partial charge >= 0.3 is 0 Å². The predicted molar refractivity (Wildman–Crippen MR) is 91.2 cm³/mol. The minimum absolute atomic E-state index is 0.374. The van der Waals surface area contributed by atoms with E-state index in [-0.39, 0.29) is 0 Å². The third-order valence-electron chi connectivity index (χ3n) is 4.01. The fourth-order valence-electron chi connectivity index (χ4n) is 2.86. The maximum absolute atomic E-state index is 3.89. The van der Waals surface area contributed by atoms with Crippen molar-refractivity contribution in [3.05, 3.63) is 71.8 Å². The van der Waals surface area contributed by atoms with Crippen LogP contribution in [0.2, 0.25) is 0 Å². The van der Waals surface area contributed by atoms with Gasteiger partial charge < -0.3 is 5.32 Å². The van der Waals surface area contributed by atoms with Crippen molar-refractivity contribution in [2.45, 2.75) is 39.8 Å². The zero-order valence-electron chi connectivity index (χ0n) is 13.6. The summed E-state index contributed by atoms with van der Waals surface area (Å²) in [6.07, 6.45) is 0. The quantitative estimate of drug-likeness (QED) is 0.750. The lowest BCUT2D eigenvalue weighted by molar-refractivity contribution is 0.313. The summed E-state index contributed by atoms with van der Waals surface area (Å²) in [5.74, 6) is 1.11. The summed E-state index contributed by atoms with van der Waals surface area (Å²) in [6, 6.07) is 22.3. The Labute approximate surface area is 129 Å². The van der Waals surface area contributed by atoms with Crippen molar-refractivity contribution < 1.29 is 0 Å². The molecular weight excluding hydrogens is 254 g/mol. The van der Waals surface area contributed by atoms with E-state index < -0.39 is 0 Å². The number of rotatable bonds is 6. The van der Waals surface area contributed by atoms with Gasteiger partial charge in [-0.1, -0.05) is 88.4 Å². The van der Waals surface area contributed by atoms with Crippen LogP contribution in [0.5, 0.6) is 0 Å². The van der Waals surface area contributed by atoms with Crippen LogP contribution in [0.4, 0.5) is 0 Å². The molecular formula is C20H27N. The van der Waals surface area contributed by atoms with Crippen LogP contribution in [0.1, 0.15) is 50.9 Å². The highest BCUT2D eigenvalue weighted by Gasteiger charge is 2.23. The molecule has 2 aromatic carbocycles. The van der Waals surface area contributed by atoms with Crippen LogP contribution in [-0.2, 0) is 0 Å². The van der Waals surface area contributed by atoms with Gasteiger partial charge in [0, 0.05) is 12.1 Å². The van der Waals surface area contributed by atoms with Gasteiger partial charge in [-0.3, -0.25) is 0 Å². The largest absolute Gasteiger partial charge is 0.303 e. The summed E-state index contributed by atoms with van der Waals surface area (Å²) in [5.41, 5.74) is 2.74. The number of hydrogen-bond acceptors (Lipinski definition) is 1. The van der Waals surface area contributed by atoms with Crippen molar-refractivity contribution in [2.24, 2.45) is 11.8 Å². The lowest BCUT2D eigenvalue weighted by atomic mass is 9.90. The Balaban J connectivity index is 2.25. The molecule has 0 amide bonds. The van der Waals surface area contributed by atoms with Crippen molar-refractivity contribution in [2.75, 3.05) is 0 Å². The van der Waals surface area contributed by atoms with Gasteiger partial charge in [-0.15, -0.1) is 0 Å². The normalized spacial score (nSPS) is 14.4. The first-order valence-corrected chi connectivity index (χ1v) is 7.95. The molecule has 0 saturated heterocycles. The zero-order valence-corrected chi connectivity index (χ0v) is 13.6. The molecule has 0 aliphatic carbocycles. The molecule has 0 aromatic heterocycles. The molecule has 1 heteroatoms. The van der Waals surface area contributed by atoms with Crippen LogP contribution in [0.15, 0.2) is 60.7 Å². The summed E-state index contributed by atoms with van der Waals surface area (Å²) < 4.78 is 0. The van der Waals surface area contributed by atoms with Crippen molar-refractivity contribution in [3.8, 4) is 0 Å². The van der Waals surface area contributed by atoms with Crippen LogP contribution >= 0.6 is 0 Å². The van der Waals surface area contributed by atoms with Crippen molar-refractivity contribution >= 4 is 0 Å². The van der Waals surface area contributed by atoms with Crippen LogP contribution in [-0.4, -0.2) is 0 Å². The highest BCUT2D eigenvalue weighted by atomic mass is 15.0. The Morgan fingerprint density at radius 1 is 0.571 bits per heavy atom. The molecule has 0 heterocycles. The summed E-state index contributed by atoms with van der Waals surface area (Å²) >= 11 is 0. The lowest BCUT2D eigenvalue weighted by Crippen LogP contribution is -2.32. The SMILES string of the molecule is CC(C)[C@@H](N[C@@H](c1ccccc1)C(C)C)c1ccccc1. The molecule has 1 N–H and O–H groups in total. The van der Waals surface area contributed by atoms with E-state index in [4.69, 9.17) is 0 Å². The zero-order chi connectivity index (χ0) is 15.2. The van der Waals surface area contributed by atoms with Crippen molar-refractivity contribution in [1.82, 2.24) is 5.32 Å². The summed E-state index contributed by atoms with van der Waals surface area (Å²) in [6.45, 7) is 9.14. The Bertz CT molecular complexity index is 467. The van der Waals surface area contributed by atoms with Gasteiger partial charge in [0.2, 0.25) is 0 Å². The van der Waals surface area contributed by atoms with E-state index in [0.29, 0.717) is 23.9 Å². The smallest absolute Gasteiger partial charge is 0.0348 e. The van der Waals surface area contributed by atoms with E-state index in [1.807, 2.05) is 0 Å². The molecule has 0 radical (unpaired) electrons. The molecule has 21 heavy (non-hydrogen) atoms. The van der Waals surface area contributed by atoms with Gasteiger partial charge in [0.15, 0.2) is 0 Å². The summed E-state index contributed by atoms with van der Waals surface area (Å²) in [4.78, 5) is 0. The number of nitrogens with one attached hydrogen (secondary N) is 1. The molecule has 0 saturated carbocycles. The van der Waals surface area contributed by atoms with Gasteiger partial charge in [0.05, 0.1) is 0 Å². The Morgan fingerprint density at radius 2 is 0.905 bits per heavy atom. The van der Waals surface area contributed by atoms with Gasteiger partial charge in [0.1, 0.15) is 0 Å². The Kier molecular flexibility index (Phi) is 5.58. The second-order valence-corrected chi connectivity index (χ2v) is 6.43. The molecule has 1 nitrogen and oxygen atoms in total. The lowest BCUT2D eigenvalue weighted by Gasteiger charge is -2.31. The molecule has 0 bridgehead atoms. The minimum Gasteiger partial charge on any atom is -0.303 e. The molecule has 0 aliphatic rings. The summed E-state index contributed by atoms with van der Waals surface area (Å²) in [7, 11) is 0.